The van der Waals surface area contributed by atoms with Crippen molar-refractivity contribution in [1.82, 2.24) is 4.90 Å². The van der Waals surface area contributed by atoms with Gasteiger partial charge < -0.3 is 5.11 Å². The smallest absolute Gasteiger partial charge is 0.0589 e. The van der Waals surface area contributed by atoms with Crippen LogP contribution in [0.25, 0.3) is 0 Å². The van der Waals surface area contributed by atoms with Gasteiger partial charge in [-0.3, -0.25) is 4.90 Å². The monoisotopic (exact) mass is 249 g/mol. The first kappa shape index (κ1) is 11.5. The fourth-order valence-electron chi connectivity index (χ4n) is 2.07. The van der Waals surface area contributed by atoms with Gasteiger partial charge in [-0.1, -0.05) is 22.9 Å². The number of hydrogen-bond donors (Lipinski definition) is 1. The van der Waals surface area contributed by atoms with E-state index in [1.54, 1.807) is 0 Å². The molecule has 1 heterocycles. The average Bonchev–Trinajstić information content (AvgIpc) is 2.47. The third-order valence-electron chi connectivity index (χ3n) is 3.01. The molecule has 1 N–H and O–H groups in total. The molecule has 1 rings (SSSR count). The summed E-state index contributed by atoms with van der Waals surface area (Å²) in [6.07, 6.45) is 3.73. The standard InChI is InChI=1S/C10H20BrNO/c1-9-4-7-12(10(9)8-13)6-3-2-5-11/h9-10,13H,2-8H2,1H3. The van der Waals surface area contributed by atoms with Gasteiger partial charge in [0.1, 0.15) is 0 Å². The van der Waals surface area contributed by atoms with Crippen molar-refractivity contribution in [2.45, 2.75) is 32.2 Å². The van der Waals surface area contributed by atoms with Crippen LogP contribution in [0.2, 0.25) is 0 Å². The van der Waals surface area contributed by atoms with Crippen LogP contribution >= 0.6 is 15.9 Å². The van der Waals surface area contributed by atoms with Gasteiger partial charge in [-0.05, 0) is 38.3 Å². The summed E-state index contributed by atoms with van der Waals surface area (Å²) in [5, 5.41) is 10.3. The molecule has 1 aliphatic heterocycles. The van der Waals surface area contributed by atoms with E-state index in [0.29, 0.717) is 18.6 Å². The second-order valence-corrected chi connectivity index (χ2v) is 4.74. The van der Waals surface area contributed by atoms with Crippen LogP contribution in [-0.2, 0) is 0 Å². The number of alkyl halides is 1. The summed E-state index contributed by atoms with van der Waals surface area (Å²) in [6, 6.07) is 0.426. The van der Waals surface area contributed by atoms with E-state index < -0.39 is 0 Å². The van der Waals surface area contributed by atoms with Crippen LogP contribution in [0, 0.1) is 5.92 Å². The Bertz CT molecular complexity index is 143. The van der Waals surface area contributed by atoms with Gasteiger partial charge in [0, 0.05) is 11.4 Å². The van der Waals surface area contributed by atoms with Crippen LogP contribution in [0.5, 0.6) is 0 Å². The molecule has 0 aromatic heterocycles. The topological polar surface area (TPSA) is 23.5 Å². The number of aliphatic hydroxyl groups excluding tert-OH is 1. The molecular weight excluding hydrogens is 230 g/mol. The van der Waals surface area contributed by atoms with Crippen LogP contribution in [0.1, 0.15) is 26.2 Å². The fraction of sp³-hybridized carbons (Fsp3) is 1.00. The molecule has 78 valence electrons. The van der Waals surface area contributed by atoms with Crippen LogP contribution in [0.4, 0.5) is 0 Å². The Morgan fingerprint density at radius 1 is 1.46 bits per heavy atom. The zero-order chi connectivity index (χ0) is 9.68. The lowest BCUT2D eigenvalue weighted by molar-refractivity contribution is 0.138. The number of hydrogen-bond acceptors (Lipinski definition) is 2. The van der Waals surface area contributed by atoms with Crippen LogP contribution < -0.4 is 0 Å². The van der Waals surface area contributed by atoms with E-state index >= 15 is 0 Å². The van der Waals surface area contributed by atoms with Crippen molar-refractivity contribution in [3.8, 4) is 0 Å². The zero-order valence-corrected chi connectivity index (χ0v) is 9.96. The molecule has 0 bridgehead atoms. The summed E-state index contributed by atoms with van der Waals surface area (Å²) in [5.74, 6) is 0.675. The number of rotatable bonds is 5. The number of aliphatic hydroxyl groups is 1. The summed E-state index contributed by atoms with van der Waals surface area (Å²) in [6.45, 7) is 4.90. The molecular formula is C10H20BrNO. The molecule has 2 nitrogen and oxygen atoms in total. The highest BCUT2D eigenvalue weighted by atomic mass is 79.9. The van der Waals surface area contributed by atoms with E-state index in [4.69, 9.17) is 0 Å². The predicted molar refractivity (Wildman–Crippen MR) is 59.3 cm³/mol. The molecule has 2 unspecified atom stereocenters. The van der Waals surface area contributed by atoms with Crippen LogP contribution in [0.15, 0.2) is 0 Å². The van der Waals surface area contributed by atoms with Gasteiger partial charge in [-0.15, -0.1) is 0 Å². The molecule has 0 aromatic rings. The lowest BCUT2D eigenvalue weighted by Gasteiger charge is -2.24. The largest absolute Gasteiger partial charge is 0.395 e. The first-order valence-electron chi connectivity index (χ1n) is 5.20. The molecule has 0 radical (unpaired) electrons. The van der Waals surface area contributed by atoms with E-state index in [2.05, 4.69) is 27.8 Å². The van der Waals surface area contributed by atoms with Gasteiger partial charge in [0.15, 0.2) is 0 Å². The first-order chi connectivity index (χ1) is 6.29. The highest BCUT2D eigenvalue weighted by Gasteiger charge is 2.29. The Morgan fingerprint density at radius 3 is 2.85 bits per heavy atom. The van der Waals surface area contributed by atoms with Crippen LogP contribution in [-0.4, -0.2) is 41.1 Å². The van der Waals surface area contributed by atoms with Gasteiger partial charge in [-0.25, -0.2) is 0 Å². The normalized spacial score (nSPS) is 29.8. The van der Waals surface area contributed by atoms with Crippen LogP contribution in [0.3, 0.4) is 0 Å². The molecule has 0 aliphatic carbocycles. The lowest BCUT2D eigenvalue weighted by Crippen LogP contribution is -2.35. The van der Waals surface area contributed by atoms with Gasteiger partial charge in [0.2, 0.25) is 0 Å². The van der Waals surface area contributed by atoms with Crippen molar-refractivity contribution in [3.63, 3.8) is 0 Å². The van der Waals surface area contributed by atoms with Crippen molar-refractivity contribution >= 4 is 15.9 Å². The summed E-state index contributed by atoms with van der Waals surface area (Å²) in [4.78, 5) is 2.44. The maximum absolute atomic E-state index is 9.21. The van der Waals surface area contributed by atoms with E-state index in [-0.39, 0.29) is 0 Å². The van der Waals surface area contributed by atoms with Gasteiger partial charge in [-0.2, -0.15) is 0 Å². The Labute approximate surface area is 89.4 Å². The number of unbranched alkanes of at least 4 members (excludes halogenated alkanes) is 1. The third-order valence-corrected chi connectivity index (χ3v) is 3.57. The molecule has 1 fully saturated rings. The Morgan fingerprint density at radius 2 is 2.23 bits per heavy atom. The van der Waals surface area contributed by atoms with Crippen molar-refractivity contribution < 1.29 is 5.11 Å². The van der Waals surface area contributed by atoms with Crippen molar-refractivity contribution in [2.75, 3.05) is 25.0 Å². The van der Waals surface area contributed by atoms with Crippen molar-refractivity contribution in [3.05, 3.63) is 0 Å². The van der Waals surface area contributed by atoms with E-state index in [1.165, 1.54) is 25.8 Å². The van der Waals surface area contributed by atoms with Gasteiger partial charge >= 0.3 is 0 Å². The third kappa shape index (κ3) is 3.22. The van der Waals surface area contributed by atoms with E-state index in [9.17, 15) is 5.11 Å². The Hall–Kier alpha value is 0.400. The molecule has 0 spiro atoms. The van der Waals surface area contributed by atoms with Crippen molar-refractivity contribution in [2.24, 2.45) is 5.92 Å². The molecule has 0 aromatic carbocycles. The summed E-state index contributed by atoms with van der Waals surface area (Å²) >= 11 is 3.44. The zero-order valence-electron chi connectivity index (χ0n) is 8.38. The summed E-state index contributed by atoms with van der Waals surface area (Å²) < 4.78 is 0. The fourth-order valence-corrected chi connectivity index (χ4v) is 2.47. The maximum Gasteiger partial charge on any atom is 0.0589 e. The Kier molecular flexibility index (Phi) is 5.29. The molecule has 3 heteroatoms. The minimum atomic E-state index is 0.329. The Balaban J connectivity index is 2.24. The number of likely N-dealkylation sites (tertiary alicyclic amines) is 1. The second kappa shape index (κ2) is 5.99. The van der Waals surface area contributed by atoms with Gasteiger partial charge in [0.25, 0.3) is 0 Å². The summed E-state index contributed by atoms with van der Waals surface area (Å²) in [5.41, 5.74) is 0. The number of nitrogens with zero attached hydrogens (tertiary/aromatic N) is 1. The molecule has 0 amide bonds. The molecule has 2 atom stereocenters. The van der Waals surface area contributed by atoms with Gasteiger partial charge in [0.05, 0.1) is 6.61 Å². The molecule has 0 saturated carbocycles. The predicted octanol–water partition coefficient (Wildman–Crippen LogP) is 1.86. The van der Waals surface area contributed by atoms with Crippen molar-refractivity contribution in [1.29, 1.82) is 0 Å². The molecule has 1 aliphatic rings. The minimum Gasteiger partial charge on any atom is -0.395 e. The minimum absolute atomic E-state index is 0.329. The molecule has 13 heavy (non-hydrogen) atoms. The SMILES string of the molecule is CC1CCN(CCCCBr)C1CO. The average molecular weight is 250 g/mol. The maximum atomic E-state index is 9.21. The highest BCUT2D eigenvalue weighted by Crippen LogP contribution is 2.23. The highest BCUT2D eigenvalue weighted by molar-refractivity contribution is 9.09. The summed E-state index contributed by atoms with van der Waals surface area (Å²) in [7, 11) is 0. The number of halogens is 1. The quantitative estimate of drug-likeness (QED) is 0.594. The van der Waals surface area contributed by atoms with E-state index in [0.717, 1.165) is 11.9 Å². The second-order valence-electron chi connectivity index (χ2n) is 3.95. The van der Waals surface area contributed by atoms with E-state index in [1.807, 2.05) is 0 Å². The first-order valence-corrected chi connectivity index (χ1v) is 6.32. The lowest BCUT2D eigenvalue weighted by atomic mass is 10.0. The molecule has 1 saturated heterocycles.